The molecule has 168 valence electrons. The Morgan fingerprint density at radius 2 is 1.73 bits per heavy atom. The normalized spacial score (nSPS) is 12.9. The molecule has 1 aliphatic rings. The Bertz CT molecular complexity index is 1360. The molecule has 0 radical (unpaired) electrons. The number of rotatable bonds is 5. The average Bonchev–Trinajstić information content (AvgIpc) is 2.85. The summed E-state index contributed by atoms with van der Waals surface area (Å²) in [6.45, 7) is 5.64. The monoisotopic (exact) mass is 443 g/mol. The van der Waals surface area contributed by atoms with Crippen LogP contribution in [0.2, 0.25) is 0 Å². The van der Waals surface area contributed by atoms with Crippen LogP contribution < -0.4 is 24.7 Å². The molecular weight excluding hydrogens is 418 g/mol. The molecule has 6 nitrogen and oxygen atoms in total. The molecule has 0 aliphatic carbocycles. The van der Waals surface area contributed by atoms with E-state index in [0.717, 1.165) is 50.6 Å². The van der Waals surface area contributed by atoms with E-state index in [1.54, 1.807) is 13.2 Å². The zero-order valence-electron chi connectivity index (χ0n) is 18.9. The second-order valence-corrected chi connectivity index (χ2v) is 7.97. The highest BCUT2D eigenvalue weighted by molar-refractivity contribution is 5.96. The first-order chi connectivity index (χ1) is 16.1. The molecule has 0 amide bonds. The second-order valence-electron chi connectivity index (χ2n) is 7.97. The van der Waals surface area contributed by atoms with Crippen LogP contribution in [0.1, 0.15) is 18.1 Å². The highest BCUT2D eigenvalue weighted by atomic mass is 16.5. The molecule has 0 fully saturated rings. The van der Waals surface area contributed by atoms with Gasteiger partial charge in [-0.15, -0.1) is 0 Å². The summed E-state index contributed by atoms with van der Waals surface area (Å²) in [5.41, 5.74) is 4.85. The molecule has 0 N–H and O–H groups in total. The average molecular weight is 443 g/mol. The van der Waals surface area contributed by atoms with Crippen LogP contribution in [-0.2, 0) is 6.54 Å². The lowest BCUT2D eigenvalue weighted by Gasteiger charge is -2.32. The fourth-order valence-electron chi connectivity index (χ4n) is 4.32. The van der Waals surface area contributed by atoms with Gasteiger partial charge in [0, 0.05) is 34.8 Å². The van der Waals surface area contributed by atoms with Crippen molar-refractivity contribution in [2.75, 3.05) is 25.3 Å². The van der Waals surface area contributed by atoms with Gasteiger partial charge in [-0.2, -0.15) is 0 Å². The number of benzene rings is 3. The number of ether oxygens (including phenoxy) is 3. The number of methoxy groups -OCH3 is 1. The zero-order chi connectivity index (χ0) is 22.9. The molecule has 0 unspecified atom stereocenters. The van der Waals surface area contributed by atoms with E-state index in [0.29, 0.717) is 25.5 Å². The Morgan fingerprint density at radius 3 is 2.42 bits per heavy atom. The molecule has 0 spiro atoms. The van der Waals surface area contributed by atoms with Gasteiger partial charge in [-0.3, -0.25) is 0 Å². The smallest absolute Gasteiger partial charge is 0.336 e. The van der Waals surface area contributed by atoms with Crippen LogP contribution in [0.5, 0.6) is 17.2 Å². The van der Waals surface area contributed by atoms with Crippen molar-refractivity contribution < 1.29 is 18.6 Å². The molecule has 0 saturated heterocycles. The van der Waals surface area contributed by atoms with Gasteiger partial charge in [-0.1, -0.05) is 12.1 Å². The van der Waals surface area contributed by atoms with Gasteiger partial charge in [-0.25, -0.2) is 4.79 Å². The summed E-state index contributed by atoms with van der Waals surface area (Å²) in [6.07, 6.45) is 0. The molecule has 0 atom stereocenters. The Labute approximate surface area is 191 Å². The fourth-order valence-corrected chi connectivity index (χ4v) is 4.32. The van der Waals surface area contributed by atoms with Gasteiger partial charge in [0.25, 0.3) is 0 Å². The van der Waals surface area contributed by atoms with Gasteiger partial charge in [0.15, 0.2) is 6.73 Å². The molecule has 0 saturated carbocycles. The lowest BCUT2D eigenvalue weighted by molar-refractivity contribution is 0.287. The quantitative estimate of drug-likeness (QED) is 0.378. The molecule has 5 rings (SSSR count). The maximum atomic E-state index is 12.4. The van der Waals surface area contributed by atoms with Crippen LogP contribution in [-0.4, -0.2) is 20.4 Å². The van der Waals surface area contributed by atoms with E-state index < -0.39 is 0 Å². The van der Waals surface area contributed by atoms with Gasteiger partial charge < -0.3 is 23.5 Å². The SMILES string of the molecule is CCOc1ccc(N2COc3c(cc4c(-c5ccc(OC)cc5)cc(=O)oc4c3C)C2)cc1. The molecule has 33 heavy (non-hydrogen) atoms. The molecule has 2 heterocycles. The molecule has 1 aromatic heterocycles. The second kappa shape index (κ2) is 8.54. The number of nitrogens with zero attached hydrogens (tertiary/aromatic N) is 1. The topological polar surface area (TPSA) is 61.1 Å². The summed E-state index contributed by atoms with van der Waals surface area (Å²) in [5, 5.41) is 0.883. The Morgan fingerprint density at radius 1 is 1.00 bits per heavy atom. The summed E-state index contributed by atoms with van der Waals surface area (Å²) >= 11 is 0. The number of hydrogen-bond acceptors (Lipinski definition) is 6. The van der Waals surface area contributed by atoms with E-state index >= 15 is 0 Å². The summed E-state index contributed by atoms with van der Waals surface area (Å²) in [5.74, 6) is 2.39. The first-order valence-corrected chi connectivity index (χ1v) is 10.9. The minimum atomic E-state index is -0.386. The van der Waals surface area contributed by atoms with Crippen LogP contribution in [0.4, 0.5) is 5.69 Å². The van der Waals surface area contributed by atoms with Crippen LogP contribution in [0.25, 0.3) is 22.1 Å². The maximum absolute atomic E-state index is 12.4. The van der Waals surface area contributed by atoms with Crippen molar-refractivity contribution in [3.8, 4) is 28.4 Å². The van der Waals surface area contributed by atoms with Crippen LogP contribution >= 0.6 is 0 Å². The van der Waals surface area contributed by atoms with E-state index in [1.165, 1.54) is 0 Å². The highest BCUT2D eigenvalue weighted by Gasteiger charge is 2.23. The number of hydrogen-bond donors (Lipinski definition) is 0. The van der Waals surface area contributed by atoms with Crippen molar-refractivity contribution in [3.63, 3.8) is 0 Å². The van der Waals surface area contributed by atoms with E-state index in [4.69, 9.17) is 18.6 Å². The minimum Gasteiger partial charge on any atom is -0.497 e. The third-order valence-electron chi connectivity index (χ3n) is 5.93. The summed E-state index contributed by atoms with van der Waals surface area (Å²) in [4.78, 5) is 14.5. The predicted octanol–water partition coefficient (Wildman–Crippen LogP) is 5.53. The van der Waals surface area contributed by atoms with E-state index in [1.807, 2.05) is 62.4 Å². The maximum Gasteiger partial charge on any atom is 0.336 e. The molecular formula is C27H25NO5. The summed E-state index contributed by atoms with van der Waals surface area (Å²) in [7, 11) is 1.63. The fraction of sp³-hybridized carbons (Fsp3) is 0.222. The van der Waals surface area contributed by atoms with E-state index in [-0.39, 0.29) is 5.63 Å². The van der Waals surface area contributed by atoms with Crippen LogP contribution in [0, 0.1) is 6.92 Å². The third-order valence-corrected chi connectivity index (χ3v) is 5.93. The van der Waals surface area contributed by atoms with Gasteiger partial charge in [0.05, 0.1) is 13.7 Å². The lowest BCUT2D eigenvalue weighted by Crippen LogP contribution is -2.32. The first kappa shape index (κ1) is 20.9. The lowest BCUT2D eigenvalue weighted by atomic mass is 9.96. The van der Waals surface area contributed by atoms with Gasteiger partial charge in [0.2, 0.25) is 0 Å². The van der Waals surface area contributed by atoms with Crippen molar-refractivity contribution in [2.24, 2.45) is 0 Å². The van der Waals surface area contributed by atoms with Gasteiger partial charge >= 0.3 is 5.63 Å². The van der Waals surface area contributed by atoms with E-state index in [2.05, 4.69) is 11.0 Å². The highest BCUT2D eigenvalue weighted by Crippen LogP contribution is 2.39. The van der Waals surface area contributed by atoms with E-state index in [9.17, 15) is 4.79 Å². The molecule has 4 aromatic rings. The van der Waals surface area contributed by atoms with Gasteiger partial charge in [0.1, 0.15) is 22.8 Å². The molecule has 0 bridgehead atoms. The Balaban J connectivity index is 1.57. The molecule has 3 aromatic carbocycles. The Hall–Kier alpha value is -3.93. The van der Waals surface area contributed by atoms with Crippen molar-refractivity contribution in [3.05, 3.63) is 82.2 Å². The summed E-state index contributed by atoms with van der Waals surface area (Å²) in [6, 6.07) is 19.3. The number of anilines is 1. The third kappa shape index (κ3) is 3.89. The van der Waals surface area contributed by atoms with Gasteiger partial charge in [-0.05, 0) is 67.4 Å². The largest absolute Gasteiger partial charge is 0.497 e. The molecule has 1 aliphatic heterocycles. The zero-order valence-corrected chi connectivity index (χ0v) is 18.9. The Kier molecular flexibility index (Phi) is 5.42. The van der Waals surface area contributed by atoms with Crippen molar-refractivity contribution in [2.45, 2.75) is 20.4 Å². The molecule has 6 heteroatoms. The van der Waals surface area contributed by atoms with Crippen LogP contribution in [0.3, 0.4) is 0 Å². The van der Waals surface area contributed by atoms with Crippen molar-refractivity contribution in [1.29, 1.82) is 0 Å². The first-order valence-electron chi connectivity index (χ1n) is 10.9. The van der Waals surface area contributed by atoms with Crippen molar-refractivity contribution in [1.82, 2.24) is 0 Å². The number of fused-ring (bicyclic) bond motifs is 2. The van der Waals surface area contributed by atoms with Crippen molar-refractivity contribution >= 4 is 16.7 Å². The standard InChI is InChI=1S/C27H25NO5/c1-4-31-22-11-7-20(8-12-22)28-15-19-13-24-23(18-5-9-21(30-3)10-6-18)14-25(29)33-27(24)17(2)26(19)32-16-28/h5-14H,4,15-16H2,1-3H3. The van der Waals surface area contributed by atoms with Crippen LogP contribution in [0.15, 0.2) is 69.9 Å². The minimum absolute atomic E-state index is 0.386. The number of aryl methyl sites for hydroxylation is 1. The predicted molar refractivity (Wildman–Crippen MR) is 128 cm³/mol. The summed E-state index contributed by atoms with van der Waals surface area (Å²) < 4.78 is 22.6.